The minimum atomic E-state index is -3.76. The third-order valence-electron chi connectivity index (χ3n) is 5.58. The summed E-state index contributed by atoms with van der Waals surface area (Å²) in [5.41, 5.74) is 1.83. The van der Waals surface area contributed by atoms with Crippen LogP contribution in [0.5, 0.6) is 5.75 Å². The van der Waals surface area contributed by atoms with Crippen LogP contribution in [-0.2, 0) is 14.8 Å². The van der Waals surface area contributed by atoms with Gasteiger partial charge in [-0.2, -0.15) is 4.31 Å². The van der Waals surface area contributed by atoms with Gasteiger partial charge in [0.05, 0.1) is 25.1 Å². The first kappa shape index (κ1) is 23.7. The van der Waals surface area contributed by atoms with Crippen LogP contribution in [0.3, 0.4) is 0 Å². The summed E-state index contributed by atoms with van der Waals surface area (Å²) >= 11 is 0. The molecule has 0 radical (unpaired) electrons. The summed E-state index contributed by atoms with van der Waals surface area (Å²) < 4.78 is 33.3. The maximum absolute atomic E-state index is 13.3. The van der Waals surface area contributed by atoms with Crippen LogP contribution in [0, 0.1) is 13.5 Å². The Hall–Kier alpha value is -2.93. The number of carbonyl (C=O) groups excluding carboxylic acids is 1. The predicted octanol–water partition coefficient (Wildman–Crippen LogP) is 3.28. The maximum Gasteiger partial charge on any atom is 0.242 e. The standard InChI is InChI=1S/C23H28N4O4S/c1-16-13-26(15-23(28)25-21-10-7-11-22(31-5)18(21)3)14-17(2)27(16)32(29,30)20-9-6-8-19(12-20)24-4/h6-12,16-17H,13-15H2,1-3,5H3,(H,25,28)/t16-,17+. The number of hydrogen-bond acceptors (Lipinski definition) is 5. The second-order valence-electron chi connectivity index (χ2n) is 8.02. The zero-order valence-electron chi connectivity index (χ0n) is 18.7. The van der Waals surface area contributed by atoms with Crippen molar-refractivity contribution >= 4 is 27.3 Å². The normalized spacial score (nSPS) is 19.8. The number of nitrogens with zero attached hydrogens (tertiary/aromatic N) is 3. The molecule has 1 heterocycles. The number of nitrogens with one attached hydrogen (secondary N) is 1. The smallest absolute Gasteiger partial charge is 0.242 e. The lowest BCUT2D eigenvalue weighted by atomic mass is 10.1. The lowest BCUT2D eigenvalue weighted by molar-refractivity contribution is -0.118. The van der Waals surface area contributed by atoms with E-state index in [0.29, 0.717) is 24.5 Å². The Morgan fingerprint density at radius 1 is 1.19 bits per heavy atom. The van der Waals surface area contributed by atoms with Gasteiger partial charge in [0.1, 0.15) is 5.75 Å². The summed E-state index contributed by atoms with van der Waals surface area (Å²) in [5, 5.41) is 2.92. The first-order chi connectivity index (χ1) is 15.2. The van der Waals surface area contributed by atoms with Crippen LogP contribution in [0.25, 0.3) is 4.85 Å². The van der Waals surface area contributed by atoms with Crippen molar-refractivity contribution in [3.63, 3.8) is 0 Å². The highest BCUT2D eigenvalue weighted by molar-refractivity contribution is 7.89. The number of methoxy groups -OCH3 is 1. The molecule has 0 saturated carbocycles. The second kappa shape index (κ2) is 9.69. The topological polar surface area (TPSA) is 83.3 Å². The fraction of sp³-hybridized carbons (Fsp3) is 0.391. The number of piperazine rings is 1. The molecule has 0 unspecified atom stereocenters. The van der Waals surface area contributed by atoms with E-state index in [0.717, 1.165) is 5.56 Å². The highest BCUT2D eigenvalue weighted by Crippen LogP contribution is 2.28. The summed E-state index contributed by atoms with van der Waals surface area (Å²) in [5.74, 6) is 0.535. The molecule has 170 valence electrons. The number of anilines is 1. The van der Waals surface area contributed by atoms with E-state index >= 15 is 0 Å². The molecule has 0 bridgehead atoms. The Morgan fingerprint density at radius 2 is 1.84 bits per heavy atom. The van der Waals surface area contributed by atoms with E-state index in [2.05, 4.69) is 10.2 Å². The minimum absolute atomic E-state index is 0.115. The van der Waals surface area contributed by atoms with Gasteiger partial charge in [0.2, 0.25) is 15.9 Å². The van der Waals surface area contributed by atoms with Gasteiger partial charge < -0.3 is 10.1 Å². The molecular formula is C23H28N4O4S. The molecule has 32 heavy (non-hydrogen) atoms. The first-order valence-electron chi connectivity index (χ1n) is 10.3. The monoisotopic (exact) mass is 456 g/mol. The lowest BCUT2D eigenvalue weighted by Gasteiger charge is -2.43. The molecule has 3 rings (SSSR count). The van der Waals surface area contributed by atoms with E-state index in [9.17, 15) is 13.2 Å². The summed E-state index contributed by atoms with van der Waals surface area (Å²) in [6.45, 7) is 13.7. The molecule has 0 aromatic heterocycles. The molecule has 0 aliphatic carbocycles. The number of benzene rings is 2. The van der Waals surface area contributed by atoms with E-state index in [1.165, 1.54) is 16.4 Å². The van der Waals surface area contributed by atoms with Crippen LogP contribution < -0.4 is 10.1 Å². The summed E-state index contributed by atoms with van der Waals surface area (Å²) in [4.78, 5) is 18.1. The van der Waals surface area contributed by atoms with Gasteiger partial charge in [0.25, 0.3) is 0 Å². The van der Waals surface area contributed by atoms with E-state index in [4.69, 9.17) is 11.3 Å². The summed E-state index contributed by atoms with van der Waals surface area (Å²) in [7, 11) is -2.17. The van der Waals surface area contributed by atoms with Crippen molar-refractivity contribution in [2.45, 2.75) is 37.8 Å². The maximum atomic E-state index is 13.3. The van der Waals surface area contributed by atoms with Crippen LogP contribution in [0.2, 0.25) is 0 Å². The van der Waals surface area contributed by atoms with Crippen LogP contribution in [-0.4, -0.2) is 62.4 Å². The molecule has 1 amide bonds. The second-order valence-corrected chi connectivity index (χ2v) is 9.86. The Labute approximate surface area is 189 Å². The van der Waals surface area contributed by atoms with E-state index < -0.39 is 10.0 Å². The fourth-order valence-electron chi connectivity index (χ4n) is 4.22. The average Bonchev–Trinajstić information content (AvgIpc) is 2.74. The SMILES string of the molecule is [C-]#[N+]c1cccc(S(=O)(=O)N2[C@H](C)CN(CC(=O)Nc3cccc(OC)c3C)C[C@@H]2C)c1. The van der Waals surface area contributed by atoms with Gasteiger partial charge in [0.15, 0.2) is 5.69 Å². The molecule has 2 aromatic carbocycles. The fourth-order valence-corrected chi connectivity index (χ4v) is 6.06. The van der Waals surface area contributed by atoms with Crippen molar-refractivity contribution in [1.29, 1.82) is 0 Å². The highest BCUT2D eigenvalue weighted by Gasteiger charge is 2.38. The van der Waals surface area contributed by atoms with Gasteiger partial charge in [-0.25, -0.2) is 13.3 Å². The number of sulfonamides is 1. The number of ether oxygens (including phenoxy) is 1. The van der Waals surface area contributed by atoms with Crippen LogP contribution in [0.1, 0.15) is 19.4 Å². The van der Waals surface area contributed by atoms with Crippen LogP contribution in [0.15, 0.2) is 47.4 Å². The number of carbonyl (C=O) groups is 1. The zero-order chi connectivity index (χ0) is 23.5. The average molecular weight is 457 g/mol. The molecule has 1 aliphatic heterocycles. The van der Waals surface area contributed by atoms with Crippen molar-refractivity contribution < 1.29 is 17.9 Å². The van der Waals surface area contributed by atoms with Crippen molar-refractivity contribution in [3.8, 4) is 5.75 Å². The molecule has 2 aromatic rings. The third-order valence-corrected chi connectivity index (χ3v) is 7.71. The molecule has 9 heteroatoms. The van der Waals surface area contributed by atoms with Crippen molar-refractivity contribution in [2.75, 3.05) is 32.1 Å². The van der Waals surface area contributed by atoms with Gasteiger partial charge in [-0.05, 0) is 45.0 Å². The number of amides is 1. The summed E-state index contributed by atoms with van der Waals surface area (Å²) in [6, 6.07) is 10.9. The quantitative estimate of drug-likeness (QED) is 0.675. The molecule has 8 nitrogen and oxygen atoms in total. The zero-order valence-corrected chi connectivity index (χ0v) is 19.5. The van der Waals surface area contributed by atoms with Gasteiger partial charge in [-0.1, -0.05) is 18.2 Å². The predicted molar refractivity (Wildman–Crippen MR) is 123 cm³/mol. The molecule has 1 saturated heterocycles. The van der Waals surface area contributed by atoms with E-state index in [1.54, 1.807) is 19.2 Å². The van der Waals surface area contributed by atoms with Crippen molar-refractivity contribution in [1.82, 2.24) is 9.21 Å². The molecule has 1 aliphatic rings. The Balaban J connectivity index is 1.69. The lowest BCUT2D eigenvalue weighted by Crippen LogP contribution is -2.59. The van der Waals surface area contributed by atoms with Crippen LogP contribution >= 0.6 is 0 Å². The number of rotatable bonds is 6. The summed E-state index contributed by atoms with van der Waals surface area (Å²) in [6.07, 6.45) is 0. The first-order valence-corrected chi connectivity index (χ1v) is 11.8. The van der Waals surface area contributed by atoms with Gasteiger partial charge in [-0.3, -0.25) is 9.69 Å². The third kappa shape index (κ3) is 4.93. The van der Waals surface area contributed by atoms with E-state index in [1.807, 2.05) is 43.9 Å². The largest absolute Gasteiger partial charge is 0.496 e. The van der Waals surface area contributed by atoms with E-state index in [-0.39, 0.29) is 35.1 Å². The van der Waals surface area contributed by atoms with Crippen LogP contribution in [0.4, 0.5) is 11.4 Å². The van der Waals surface area contributed by atoms with Crippen molar-refractivity contribution in [3.05, 3.63) is 59.4 Å². The molecule has 1 N–H and O–H groups in total. The van der Waals surface area contributed by atoms with Gasteiger partial charge in [-0.15, -0.1) is 0 Å². The molecular weight excluding hydrogens is 428 g/mol. The van der Waals surface area contributed by atoms with Crippen molar-refractivity contribution in [2.24, 2.45) is 0 Å². The molecule has 2 atom stereocenters. The number of hydrogen-bond donors (Lipinski definition) is 1. The van der Waals surface area contributed by atoms with Gasteiger partial charge in [0, 0.05) is 36.4 Å². The minimum Gasteiger partial charge on any atom is -0.496 e. The molecule has 0 spiro atoms. The Kier molecular flexibility index (Phi) is 7.19. The Bertz CT molecular complexity index is 1130. The molecule has 1 fully saturated rings. The Morgan fingerprint density at radius 3 is 2.47 bits per heavy atom. The van der Waals surface area contributed by atoms with Gasteiger partial charge >= 0.3 is 0 Å². The highest BCUT2D eigenvalue weighted by atomic mass is 32.2.